The highest BCUT2D eigenvalue weighted by atomic mass is 35.5. The molecule has 112 valence electrons. The van der Waals surface area contributed by atoms with Crippen LogP contribution >= 0.6 is 11.6 Å². The molecule has 1 heterocycles. The second-order valence-corrected chi connectivity index (χ2v) is 5.06. The lowest BCUT2D eigenvalue weighted by molar-refractivity contribution is 0.0669. The summed E-state index contributed by atoms with van der Waals surface area (Å²) in [6.45, 7) is 1.40. The van der Waals surface area contributed by atoms with E-state index in [9.17, 15) is 4.79 Å². The molecule has 2 rings (SSSR count). The van der Waals surface area contributed by atoms with Crippen LogP contribution in [0.15, 0.2) is 36.5 Å². The van der Waals surface area contributed by atoms with Gasteiger partial charge in [0.25, 0.3) is 5.91 Å². The van der Waals surface area contributed by atoms with Crippen LogP contribution in [0.4, 0.5) is 0 Å². The zero-order chi connectivity index (χ0) is 15.2. The van der Waals surface area contributed by atoms with Gasteiger partial charge in [-0.1, -0.05) is 29.8 Å². The molecule has 1 aromatic carbocycles. The molecule has 0 unspecified atom stereocenters. The lowest BCUT2D eigenvalue weighted by Gasteiger charge is -2.23. The molecule has 0 aliphatic heterocycles. The Morgan fingerprint density at radius 1 is 1.38 bits per heavy atom. The number of aromatic nitrogens is 2. The van der Waals surface area contributed by atoms with Crippen molar-refractivity contribution in [1.82, 2.24) is 14.7 Å². The number of hydrogen-bond acceptors (Lipinski definition) is 3. The van der Waals surface area contributed by atoms with Crippen LogP contribution in [-0.4, -0.2) is 40.8 Å². The molecule has 6 heteroatoms. The number of carbonyl (C=O) groups is 1. The zero-order valence-corrected chi connectivity index (χ0v) is 12.9. The summed E-state index contributed by atoms with van der Waals surface area (Å²) in [7, 11) is 3.36. The molecule has 0 atom stereocenters. The molecule has 0 N–H and O–H groups in total. The van der Waals surface area contributed by atoms with Crippen molar-refractivity contribution in [3.05, 3.63) is 52.8 Å². The van der Waals surface area contributed by atoms with E-state index >= 15 is 0 Å². The van der Waals surface area contributed by atoms with Gasteiger partial charge in [-0.3, -0.25) is 9.48 Å². The summed E-state index contributed by atoms with van der Waals surface area (Å²) >= 11 is 6.18. The minimum atomic E-state index is -0.0908. The number of carbonyl (C=O) groups excluding carboxylic acids is 1. The number of methoxy groups -OCH3 is 1. The van der Waals surface area contributed by atoms with Crippen LogP contribution in [0.25, 0.3) is 0 Å². The van der Waals surface area contributed by atoms with Gasteiger partial charge in [0.05, 0.1) is 6.61 Å². The Balaban J connectivity index is 2.20. The molecule has 0 aliphatic carbocycles. The summed E-state index contributed by atoms with van der Waals surface area (Å²) in [5.74, 6) is -0.0908. The Morgan fingerprint density at radius 3 is 2.76 bits per heavy atom. The van der Waals surface area contributed by atoms with Crippen molar-refractivity contribution in [2.75, 3.05) is 20.3 Å². The fourth-order valence-electron chi connectivity index (χ4n) is 2.03. The average molecular weight is 308 g/mol. The van der Waals surface area contributed by atoms with Crippen LogP contribution in [0, 0.1) is 0 Å². The predicted molar refractivity (Wildman–Crippen MR) is 81.3 cm³/mol. The highest BCUT2D eigenvalue weighted by molar-refractivity contribution is 6.31. The van der Waals surface area contributed by atoms with E-state index in [1.807, 2.05) is 24.3 Å². The van der Waals surface area contributed by atoms with Gasteiger partial charge in [0, 0.05) is 38.5 Å². The smallest absolute Gasteiger partial charge is 0.272 e. The molecule has 0 bridgehead atoms. The van der Waals surface area contributed by atoms with Crippen molar-refractivity contribution in [3.63, 3.8) is 0 Å². The van der Waals surface area contributed by atoms with Gasteiger partial charge >= 0.3 is 0 Å². The van der Waals surface area contributed by atoms with Crippen LogP contribution in [0.5, 0.6) is 0 Å². The van der Waals surface area contributed by atoms with Gasteiger partial charge in [0.1, 0.15) is 5.69 Å². The van der Waals surface area contributed by atoms with Gasteiger partial charge in [-0.05, 0) is 17.7 Å². The normalized spacial score (nSPS) is 10.6. The van der Waals surface area contributed by atoms with Crippen LogP contribution < -0.4 is 0 Å². The van der Waals surface area contributed by atoms with Crippen molar-refractivity contribution in [2.45, 2.75) is 6.54 Å². The fraction of sp³-hybridized carbons (Fsp3) is 0.333. The van der Waals surface area contributed by atoms with Crippen LogP contribution in [0.3, 0.4) is 0 Å². The van der Waals surface area contributed by atoms with E-state index in [1.165, 1.54) is 0 Å². The summed E-state index contributed by atoms with van der Waals surface area (Å²) in [5.41, 5.74) is 1.45. The standard InChI is InChI=1S/C15H18ClN3O2/c1-18-14(7-8-17-18)15(20)19(9-10-21-2)11-12-5-3-4-6-13(12)16/h3-8H,9-11H2,1-2H3. The minimum Gasteiger partial charge on any atom is -0.383 e. The molecule has 2 aromatic rings. The van der Waals surface area contributed by atoms with E-state index in [0.717, 1.165) is 5.56 Å². The lowest BCUT2D eigenvalue weighted by atomic mass is 10.2. The summed E-state index contributed by atoms with van der Waals surface area (Å²) in [6, 6.07) is 9.21. The van der Waals surface area contributed by atoms with Gasteiger partial charge in [0.15, 0.2) is 0 Å². The molecule has 5 nitrogen and oxygen atoms in total. The van der Waals surface area contributed by atoms with Crippen LogP contribution in [0.1, 0.15) is 16.1 Å². The number of amides is 1. The second kappa shape index (κ2) is 7.24. The molecule has 0 spiro atoms. The van der Waals surface area contributed by atoms with Gasteiger partial charge in [-0.25, -0.2) is 0 Å². The maximum atomic E-state index is 12.6. The number of rotatable bonds is 6. The molecule has 0 saturated carbocycles. The molecule has 0 saturated heterocycles. The zero-order valence-electron chi connectivity index (χ0n) is 12.1. The van der Waals surface area contributed by atoms with Gasteiger partial charge in [-0.2, -0.15) is 5.10 Å². The topological polar surface area (TPSA) is 47.4 Å². The molecule has 0 radical (unpaired) electrons. The quantitative estimate of drug-likeness (QED) is 0.823. The maximum absolute atomic E-state index is 12.6. The molecule has 0 fully saturated rings. The number of nitrogens with zero attached hydrogens (tertiary/aromatic N) is 3. The third kappa shape index (κ3) is 3.83. The third-order valence-corrected chi connectivity index (χ3v) is 3.58. The number of aryl methyl sites for hydroxylation is 1. The van der Waals surface area contributed by atoms with Crippen molar-refractivity contribution in [3.8, 4) is 0 Å². The van der Waals surface area contributed by atoms with Gasteiger partial charge in [-0.15, -0.1) is 0 Å². The second-order valence-electron chi connectivity index (χ2n) is 4.65. The van der Waals surface area contributed by atoms with E-state index in [1.54, 1.807) is 36.0 Å². The van der Waals surface area contributed by atoms with Gasteiger partial charge < -0.3 is 9.64 Å². The summed E-state index contributed by atoms with van der Waals surface area (Å²) in [5, 5.41) is 4.69. The molecule has 0 aliphatic rings. The van der Waals surface area contributed by atoms with E-state index in [4.69, 9.17) is 16.3 Å². The molecular formula is C15H18ClN3O2. The Hall–Kier alpha value is -1.85. The predicted octanol–water partition coefficient (Wildman–Crippen LogP) is 2.36. The SMILES string of the molecule is COCCN(Cc1ccccc1Cl)C(=O)c1ccnn1C. The first kappa shape index (κ1) is 15.5. The molecule has 1 aromatic heterocycles. The first-order valence-corrected chi connectivity index (χ1v) is 7.01. The van der Waals surface area contributed by atoms with Crippen LogP contribution in [0.2, 0.25) is 5.02 Å². The average Bonchev–Trinajstić information content (AvgIpc) is 2.91. The van der Waals surface area contributed by atoms with E-state index in [2.05, 4.69) is 5.10 Å². The monoisotopic (exact) mass is 307 g/mol. The van der Waals surface area contributed by atoms with Gasteiger partial charge in [0.2, 0.25) is 0 Å². The highest BCUT2D eigenvalue weighted by Crippen LogP contribution is 2.18. The Morgan fingerprint density at radius 2 is 2.14 bits per heavy atom. The van der Waals surface area contributed by atoms with Crippen molar-refractivity contribution < 1.29 is 9.53 Å². The van der Waals surface area contributed by atoms with Crippen LogP contribution in [-0.2, 0) is 18.3 Å². The van der Waals surface area contributed by atoms with Crippen molar-refractivity contribution >= 4 is 17.5 Å². The number of halogens is 1. The maximum Gasteiger partial charge on any atom is 0.272 e. The Bertz CT molecular complexity index is 612. The number of hydrogen-bond donors (Lipinski definition) is 0. The fourth-order valence-corrected chi connectivity index (χ4v) is 2.23. The summed E-state index contributed by atoms with van der Waals surface area (Å²) < 4.78 is 6.65. The minimum absolute atomic E-state index is 0.0908. The van der Waals surface area contributed by atoms with E-state index < -0.39 is 0 Å². The molecule has 1 amide bonds. The first-order chi connectivity index (χ1) is 10.1. The van der Waals surface area contributed by atoms with E-state index in [0.29, 0.717) is 30.4 Å². The Labute approximate surface area is 129 Å². The van der Waals surface area contributed by atoms with E-state index in [-0.39, 0.29) is 5.91 Å². The Kier molecular flexibility index (Phi) is 5.36. The summed E-state index contributed by atoms with van der Waals surface area (Å²) in [6.07, 6.45) is 1.61. The summed E-state index contributed by atoms with van der Waals surface area (Å²) in [4.78, 5) is 14.3. The molecular weight excluding hydrogens is 290 g/mol. The number of ether oxygens (including phenoxy) is 1. The van der Waals surface area contributed by atoms with Crippen molar-refractivity contribution in [1.29, 1.82) is 0 Å². The lowest BCUT2D eigenvalue weighted by Crippen LogP contribution is -2.34. The molecule has 21 heavy (non-hydrogen) atoms. The first-order valence-electron chi connectivity index (χ1n) is 6.63. The van der Waals surface area contributed by atoms with Crippen molar-refractivity contribution in [2.24, 2.45) is 7.05 Å². The third-order valence-electron chi connectivity index (χ3n) is 3.21. The number of benzene rings is 1. The largest absolute Gasteiger partial charge is 0.383 e. The highest BCUT2D eigenvalue weighted by Gasteiger charge is 2.19.